The predicted molar refractivity (Wildman–Crippen MR) is 138 cm³/mol. The lowest BCUT2D eigenvalue weighted by Gasteiger charge is -2.13. The molecule has 4 rings (SSSR count). The van der Waals surface area contributed by atoms with E-state index in [4.69, 9.17) is 13.9 Å². The summed E-state index contributed by atoms with van der Waals surface area (Å²) in [5, 5.41) is 0.663. The van der Waals surface area contributed by atoms with Crippen LogP contribution < -0.4 is 9.47 Å². The van der Waals surface area contributed by atoms with Gasteiger partial charge in [-0.05, 0) is 66.2 Å². The van der Waals surface area contributed by atoms with Gasteiger partial charge in [-0.15, -0.1) is 0 Å². The van der Waals surface area contributed by atoms with E-state index in [1.54, 1.807) is 30.2 Å². The Morgan fingerprint density at radius 1 is 1.08 bits per heavy atom. The number of esters is 1. The van der Waals surface area contributed by atoms with Crippen molar-refractivity contribution in [2.45, 2.75) is 20.0 Å². The predicted octanol–water partition coefficient (Wildman–Crippen LogP) is 5.67. The maximum atomic E-state index is 13.1. The monoisotopic (exact) mass is 506 g/mol. The van der Waals surface area contributed by atoms with Gasteiger partial charge in [0.2, 0.25) is 5.76 Å². The Balaban J connectivity index is 1.52. The van der Waals surface area contributed by atoms with Crippen molar-refractivity contribution in [2.75, 3.05) is 20.8 Å². The maximum absolute atomic E-state index is 13.1. The SMILES string of the molecule is CCCN1C(=O)C(=Cc2ccc(OCc3ccc(C(=O)OC)o3)c(OC)c2)SC1=Nc1ccccc1. The second-order valence-electron chi connectivity index (χ2n) is 7.75. The smallest absolute Gasteiger partial charge is 0.373 e. The van der Waals surface area contributed by atoms with Crippen LogP contribution in [0.25, 0.3) is 6.08 Å². The van der Waals surface area contributed by atoms with Crippen molar-refractivity contribution >= 4 is 40.6 Å². The number of methoxy groups -OCH3 is 2. The number of amides is 1. The largest absolute Gasteiger partial charge is 0.493 e. The van der Waals surface area contributed by atoms with Crippen molar-refractivity contribution in [3.63, 3.8) is 0 Å². The van der Waals surface area contributed by atoms with Crippen molar-refractivity contribution in [1.29, 1.82) is 0 Å². The molecule has 0 aliphatic carbocycles. The molecule has 1 aliphatic heterocycles. The molecule has 1 fully saturated rings. The third kappa shape index (κ3) is 5.80. The molecule has 2 heterocycles. The Kier molecular flexibility index (Phi) is 8.12. The maximum Gasteiger partial charge on any atom is 0.373 e. The van der Waals surface area contributed by atoms with Crippen molar-refractivity contribution in [2.24, 2.45) is 4.99 Å². The number of hydrogen-bond acceptors (Lipinski definition) is 8. The van der Waals surface area contributed by atoms with Gasteiger partial charge in [-0.3, -0.25) is 9.69 Å². The molecule has 36 heavy (non-hydrogen) atoms. The summed E-state index contributed by atoms with van der Waals surface area (Å²) in [6.45, 7) is 2.73. The quantitative estimate of drug-likeness (QED) is 0.273. The first-order valence-electron chi connectivity index (χ1n) is 11.4. The van der Waals surface area contributed by atoms with Crippen LogP contribution in [-0.2, 0) is 16.1 Å². The lowest BCUT2D eigenvalue weighted by atomic mass is 10.2. The first kappa shape index (κ1) is 25.1. The van der Waals surface area contributed by atoms with E-state index in [0.717, 1.165) is 17.7 Å². The first-order chi connectivity index (χ1) is 17.5. The van der Waals surface area contributed by atoms with Gasteiger partial charge >= 0.3 is 5.97 Å². The summed E-state index contributed by atoms with van der Waals surface area (Å²) in [5.41, 5.74) is 1.59. The van der Waals surface area contributed by atoms with Gasteiger partial charge in [0.15, 0.2) is 16.7 Å². The fraction of sp³-hybridized carbons (Fsp3) is 0.222. The molecule has 0 atom stereocenters. The number of hydrogen-bond donors (Lipinski definition) is 0. The summed E-state index contributed by atoms with van der Waals surface area (Å²) in [6.07, 6.45) is 2.65. The molecule has 0 unspecified atom stereocenters. The molecule has 1 amide bonds. The lowest BCUT2D eigenvalue weighted by molar-refractivity contribution is -0.122. The Morgan fingerprint density at radius 2 is 1.89 bits per heavy atom. The van der Waals surface area contributed by atoms with Gasteiger partial charge in [-0.1, -0.05) is 31.2 Å². The summed E-state index contributed by atoms with van der Waals surface area (Å²) < 4.78 is 21.4. The van der Waals surface area contributed by atoms with Crippen molar-refractivity contribution in [3.05, 3.63) is 82.7 Å². The number of carbonyl (C=O) groups is 2. The highest BCUT2D eigenvalue weighted by Crippen LogP contribution is 2.36. The number of rotatable bonds is 9. The van der Waals surface area contributed by atoms with Gasteiger partial charge in [0.1, 0.15) is 12.4 Å². The van der Waals surface area contributed by atoms with Crippen LogP contribution >= 0.6 is 11.8 Å². The molecule has 1 aliphatic rings. The van der Waals surface area contributed by atoms with E-state index in [2.05, 4.69) is 9.73 Å². The van der Waals surface area contributed by atoms with Crippen molar-refractivity contribution < 1.29 is 28.2 Å². The normalized spacial score (nSPS) is 15.5. The highest BCUT2D eigenvalue weighted by Gasteiger charge is 2.32. The zero-order chi connectivity index (χ0) is 25.5. The van der Waals surface area contributed by atoms with E-state index in [-0.39, 0.29) is 18.3 Å². The van der Waals surface area contributed by atoms with Gasteiger partial charge in [0, 0.05) is 6.54 Å². The minimum absolute atomic E-state index is 0.0740. The average Bonchev–Trinajstić information content (AvgIpc) is 3.49. The lowest BCUT2D eigenvalue weighted by Crippen LogP contribution is -2.29. The Labute approximate surface area is 213 Å². The van der Waals surface area contributed by atoms with E-state index >= 15 is 0 Å². The molecule has 8 nitrogen and oxygen atoms in total. The van der Waals surface area contributed by atoms with Crippen LogP contribution in [0.3, 0.4) is 0 Å². The zero-order valence-electron chi connectivity index (χ0n) is 20.2. The molecule has 0 N–H and O–H groups in total. The summed E-state index contributed by atoms with van der Waals surface area (Å²) in [4.78, 5) is 31.6. The van der Waals surface area contributed by atoms with Crippen LogP contribution in [0, 0.1) is 0 Å². The van der Waals surface area contributed by atoms with Crippen LogP contribution in [0.5, 0.6) is 11.5 Å². The number of ether oxygens (including phenoxy) is 3. The average molecular weight is 507 g/mol. The molecule has 0 saturated carbocycles. The second-order valence-corrected chi connectivity index (χ2v) is 8.76. The van der Waals surface area contributed by atoms with Crippen LogP contribution in [0.1, 0.15) is 35.2 Å². The third-order valence-corrected chi connectivity index (χ3v) is 6.23. The molecule has 1 aromatic heterocycles. The van der Waals surface area contributed by atoms with Gasteiger partial charge in [0.05, 0.1) is 24.8 Å². The number of thioether (sulfide) groups is 1. The Bertz CT molecular complexity index is 1300. The van der Waals surface area contributed by atoms with E-state index in [9.17, 15) is 9.59 Å². The van der Waals surface area contributed by atoms with Gasteiger partial charge in [-0.25, -0.2) is 9.79 Å². The second kappa shape index (κ2) is 11.6. The van der Waals surface area contributed by atoms with E-state index in [0.29, 0.717) is 33.9 Å². The number of aliphatic imine (C=N–C) groups is 1. The summed E-state index contributed by atoms with van der Waals surface area (Å²) in [7, 11) is 2.84. The summed E-state index contributed by atoms with van der Waals surface area (Å²) >= 11 is 1.35. The highest BCUT2D eigenvalue weighted by atomic mass is 32.2. The van der Waals surface area contributed by atoms with E-state index in [1.165, 1.54) is 24.9 Å². The van der Waals surface area contributed by atoms with Gasteiger partial charge in [-0.2, -0.15) is 0 Å². The van der Waals surface area contributed by atoms with Crippen LogP contribution in [-0.4, -0.2) is 42.7 Å². The fourth-order valence-corrected chi connectivity index (χ4v) is 4.51. The molecule has 0 bridgehead atoms. The van der Waals surface area contributed by atoms with Gasteiger partial charge < -0.3 is 18.6 Å². The molecule has 1 saturated heterocycles. The van der Waals surface area contributed by atoms with Crippen LogP contribution in [0.15, 0.2) is 75.0 Å². The molecule has 2 aromatic carbocycles. The number of para-hydroxylation sites is 1. The van der Waals surface area contributed by atoms with E-state index in [1.807, 2.05) is 49.4 Å². The molecule has 0 radical (unpaired) electrons. The molecular weight excluding hydrogens is 480 g/mol. The zero-order valence-corrected chi connectivity index (χ0v) is 21.0. The minimum atomic E-state index is -0.551. The van der Waals surface area contributed by atoms with Crippen LogP contribution in [0.4, 0.5) is 5.69 Å². The summed E-state index contributed by atoms with van der Waals surface area (Å²) in [6, 6.07) is 18.2. The van der Waals surface area contributed by atoms with E-state index < -0.39 is 5.97 Å². The molecule has 9 heteroatoms. The van der Waals surface area contributed by atoms with Crippen LogP contribution in [0.2, 0.25) is 0 Å². The molecule has 0 spiro atoms. The summed E-state index contributed by atoms with van der Waals surface area (Å²) in [5.74, 6) is 0.956. The van der Waals surface area contributed by atoms with Crippen molar-refractivity contribution in [3.8, 4) is 11.5 Å². The first-order valence-corrected chi connectivity index (χ1v) is 12.2. The number of carbonyl (C=O) groups excluding carboxylic acids is 2. The highest BCUT2D eigenvalue weighted by molar-refractivity contribution is 8.18. The Morgan fingerprint density at radius 3 is 2.61 bits per heavy atom. The topological polar surface area (TPSA) is 90.6 Å². The molecule has 3 aromatic rings. The number of furan rings is 1. The number of benzene rings is 2. The minimum Gasteiger partial charge on any atom is -0.493 e. The fourth-order valence-electron chi connectivity index (χ4n) is 3.48. The van der Waals surface area contributed by atoms with Gasteiger partial charge in [0.25, 0.3) is 5.91 Å². The van der Waals surface area contributed by atoms with Crippen molar-refractivity contribution in [1.82, 2.24) is 4.90 Å². The molecule has 186 valence electrons. The molecular formula is C27H26N2O6S. The number of amidine groups is 1. The number of nitrogens with zero attached hydrogens (tertiary/aromatic N) is 2. The standard InChI is InChI=1S/C27H26N2O6S/c1-4-14-29-25(30)24(36-27(29)28-19-8-6-5-7-9-19)16-18-10-12-21(23(15-18)32-2)34-17-20-11-13-22(35-20)26(31)33-3/h5-13,15-16H,4,14,17H2,1-3H3. The Hall–Kier alpha value is -3.98. The third-order valence-electron chi connectivity index (χ3n) is 5.22.